The van der Waals surface area contributed by atoms with Gasteiger partial charge in [0.2, 0.25) is 0 Å². The fourth-order valence-corrected chi connectivity index (χ4v) is 6.64. The smallest absolute Gasteiger partial charge is 0.416 e. The second-order valence-corrected chi connectivity index (χ2v) is 12.4. The van der Waals surface area contributed by atoms with E-state index in [-0.39, 0.29) is 33.7 Å². The molecule has 5 rings (SSSR count). The molecule has 2 saturated heterocycles. The van der Waals surface area contributed by atoms with Gasteiger partial charge in [0.05, 0.1) is 33.6 Å². The first-order valence-electron chi connectivity index (χ1n) is 13.5. The van der Waals surface area contributed by atoms with Gasteiger partial charge < -0.3 is 14.7 Å². The number of anilines is 1. The van der Waals surface area contributed by atoms with E-state index in [0.29, 0.717) is 47.5 Å². The molecule has 41 heavy (non-hydrogen) atoms. The largest absolute Gasteiger partial charge is 0.507 e. The molecule has 8 nitrogen and oxygen atoms in total. The lowest BCUT2D eigenvalue weighted by molar-refractivity contribution is -0.137. The predicted octanol–water partition coefficient (Wildman–Crippen LogP) is 5.28. The van der Waals surface area contributed by atoms with Gasteiger partial charge in [0, 0.05) is 62.9 Å². The molecule has 0 unspecified atom stereocenters. The van der Waals surface area contributed by atoms with E-state index in [1.165, 1.54) is 6.07 Å². The number of rotatable bonds is 6. The Hall–Kier alpha value is -2.48. The number of carbonyl (C=O) groups excluding carboxylic acids is 1. The minimum absolute atomic E-state index is 0.0286. The number of benzene rings is 2. The minimum Gasteiger partial charge on any atom is -0.507 e. The van der Waals surface area contributed by atoms with E-state index in [4.69, 9.17) is 16.3 Å². The van der Waals surface area contributed by atoms with Crippen LogP contribution in [0.1, 0.15) is 40.9 Å². The maximum atomic E-state index is 13.7. The lowest BCUT2D eigenvalue weighted by Crippen LogP contribution is -2.44. The molecule has 2 aliphatic rings. The Kier molecular flexibility index (Phi) is 8.79. The van der Waals surface area contributed by atoms with Gasteiger partial charge in [-0.2, -0.15) is 13.2 Å². The van der Waals surface area contributed by atoms with Gasteiger partial charge in [0.15, 0.2) is 5.13 Å². The number of nitrogens with one attached hydrogen (secondary N) is 1. The quantitative estimate of drug-likeness (QED) is 0.392. The third-order valence-electron chi connectivity index (χ3n) is 7.40. The number of carbonyl (C=O) groups is 1. The second-order valence-electron chi connectivity index (χ2n) is 10.9. The molecule has 13 heteroatoms. The molecule has 0 radical (unpaired) electrons. The van der Waals surface area contributed by atoms with E-state index in [1.807, 2.05) is 20.9 Å². The number of thiazole rings is 1. The van der Waals surface area contributed by atoms with Crippen molar-refractivity contribution < 1.29 is 27.8 Å². The van der Waals surface area contributed by atoms with Crippen LogP contribution in [0, 0.1) is 0 Å². The first kappa shape index (κ1) is 30.0. The van der Waals surface area contributed by atoms with Gasteiger partial charge in [-0.1, -0.05) is 22.9 Å². The fraction of sp³-hybridized carbons (Fsp3) is 0.500. The Morgan fingerprint density at radius 3 is 2.39 bits per heavy atom. The van der Waals surface area contributed by atoms with Crippen molar-refractivity contribution in [3.8, 4) is 5.75 Å². The van der Waals surface area contributed by atoms with Crippen LogP contribution < -0.4 is 5.32 Å². The summed E-state index contributed by atoms with van der Waals surface area (Å²) >= 11 is 7.29. The van der Waals surface area contributed by atoms with Crippen molar-refractivity contribution in [2.24, 2.45) is 0 Å². The molecule has 3 heterocycles. The Morgan fingerprint density at radius 2 is 1.73 bits per heavy atom. The summed E-state index contributed by atoms with van der Waals surface area (Å²) < 4.78 is 47.3. The molecule has 1 amide bonds. The number of amides is 1. The zero-order valence-corrected chi connectivity index (χ0v) is 24.7. The van der Waals surface area contributed by atoms with E-state index in [2.05, 4.69) is 25.0 Å². The summed E-state index contributed by atoms with van der Waals surface area (Å²) in [5.74, 6) is -0.847. The number of piperazine rings is 1. The molecule has 2 atom stereocenters. The van der Waals surface area contributed by atoms with Gasteiger partial charge in [-0.05, 0) is 50.7 Å². The van der Waals surface area contributed by atoms with Crippen molar-refractivity contribution in [2.75, 3.05) is 51.6 Å². The maximum absolute atomic E-state index is 13.7. The third kappa shape index (κ3) is 7.12. The number of aromatic nitrogens is 1. The van der Waals surface area contributed by atoms with E-state index in [0.717, 1.165) is 49.6 Å². The van der Waals surface area contributed by atoms with Gasteiger partial charge in [0.25, 0.3) is 5.91 Å². The molecular weight excluding hydrogens is 579 g/mol. The second kappa shape index (κ2) is 12.0. The average Bonchev–Trinajstić information content (AvgIpc) is 3.29. The number of phenols is 1. The predicted molar refractivity (Wildman–Crippen MR) is 154 cm³/mol. The third-order valence-corrected chi connectivity index (χ3v) is 8.53. The first-order valence-corrected chi connectivity index (χ1v) is 14.7. The summed E-state index contributed by atoms with van der Waals surface area (Å²) in [5, 5.41) is 14.1. The Bertz CT molecular complexity index is 1420. The van der Waals surface area contributed by atoms with Crippen molar-refractivity contribution in [2.45, 2.75) is 45.3 Å². The van der Waals surface area contributed by atoms with E-state index in [1.54, 1.807) is 6.07 Å². The zero-order chi connectivity index (χ0) is 29.5. The molecule has 222 valence electrons. The van der Waals surface area contributed by atoms with E-state index in [9.17, 15) is 23.1 Å². The summed E-state index contributed by atoms with van der Waals surface area (Å²) in [6.45, 7) is 9.12. The van der Waals surface area contributed by atoms with Gasteiger partial charge in [0.1, 0.15) is 5.75 Å². The molecule has 3 aromatic rings. The highest BCUT2D eigenvalue weighted by Crippen LogP contribution is 2.38. The summed E-state index contributed by atoms with van der Waals surface area (Å²) in [5.41, 5.74) is 0.591. The number of nitrogens with zero attached hydrogens (tertiary/aromatic N) is 4. The van der Waals surface area contributed by atoms with Gasteiger partial charge in [-0.3, -0.25) is 19.9 Å². The van der Waals surface area contributed by atoms with Crippen LogP contribution in [0.4, 0.5) is 18.3 Å². The molecule has 0 saturated carbocycles. The fourth-order valence-electron chi connectivity index (χ4n) is 5.45. The van der Waals surface area contributed by atoms with Crippen LogP contribution in [-0.2, 0) is 24.0 Å². The zero-order valence-electron chi connectivity index (χ0n) is 23.1. The number of fused-ring (bicyclic) bond motifs is 1. The van der Waals surface area contributed by atoms with Crippen molar-refractivity contribution >= 4 is 44.2 Å². The van der Waals surface area contributed by atoms with E-state index >= 15 is 0 Å². The number of aromatic hydroxyl groups is 1. The SMILES string of the molecule is C[C@@H]1CN(Cc2cc(Cl)cc(C(=O)Nc3nc4c(CN5CCN(C)CC5)cc(C(F)(F)F)cc4s3)c2O)C[C@H](C)O1. The summed E-state index contributed by atoms with van der Waals surface area (Å²) in [4.78, 5) is 24.2. The highest BCUT2D eigenvalue weighted by molar-refractivity contribution is 7.22. The standard InChI is InChI=1S/C28H33ClF3N5O3S/c1-16-12-37(13-17(2)40-16)15-19-9-21(29)11-22(25(19)38)26(39)34-27-33-24-18(14-36-6-4-35(3)5-7-36)8-20(28(30,31)32)10-23(24)41-27/h8-11,16-17,38H,4-7,12-15H2,1-3H3,(H,33,34,39)/t16-,17+. The number of likely N-dealkylation sites (N-methyl/N-ethyl adjacent to an activating group) is 1. The average molecular weight is 612 g/mol. The normalized spacial score (nSPS) is 21.4. The van der Waals surface area contributed by atoms with Crippen molar-refractivity contribution in [3.63, 3.8) is 0 Å². The topological polar surface area (TPSA) is 81.2 Å². The number of hydrogen-bond donors (Lipinski definition) is 2. The molecule has 0 spiro atoms. The van der Waals surface area contributed by atoms with Crippen molar-refractivity contribution in [1.29, 1.82) is 0 Å². The molecule has 2 N–H and O–H groups in total. The Morgan fingerprint density at radius 1 is 1.07 bits per heavy atom. The number of halogens is 4. The molecule has 0 bridgehead atoms. The van der Waals surface area contributed by atoms with Crippen LogP contribution in [0.5, 0.6) is 5.75 Å². The number of morpholine rings is 1. The first-order chi connectivity index (χ1) is 19.4. The highest BCUT2D eigenvalue weighted by Gasteiger charge is 2.32. The molecule has 2 aromatic carbocycles. The van der Waals surface area contributed by atoms with E-state index < -0.39 is 17.6 Å². The van der Waals surface area contributed by atoms with Crippen LogP contribution >= 0.6 is 22.9 Å². The Balaban J connectivity index is 1.40. The van der Waals surface area contributed by atoms with Gasteiger partial charge >= 0.3 is 6.18 Å². The molecule has 0 aliphatic carbocycles. The summed E-state index contributed by atoms with van der Waals surface area (Å²) in [7, 11) is 2.01. The lowest BCUT2D eigenvalue weighted by Gasteiger charge is -2.35. The van der Waals surface area contributed by atoms with Gasteiger partial charge in [-0.15, -0.1) is 0 Å². The number of alkyl halides is 3. The van der Waals surface area contributed by atoms with Crippen molar-refractivity contribution in [1.82, 2.24) is 19.7 Å². The van der Waals surface area contributed by atoms with Crippen LogP contribution in [0.25, 0.3) is 10.2 Å². The summed E-state index contributed by atoms with van der Waals surface area (Å²) in [6, 6.07) is 5.21. The number of ether oxygens (including phenoxy) is 1. The van der Waals surface area contributed by atoms with Crippen LogP contribution in [0.3, 0.4) is 0 Å². The molecular formula is C28H33ClF3N5O3S. The maximum Gasteiger partial charge on any atom is 0.416 e. The highest BCUT2D eigenvalue weighted by atomic mass is 35.5. The van der Waals surface area contributed by atoms with Crippen LogP contribution in [0.2, 0.25) is 5.02 Å². The van der Waals surface area contributed by atoms with Crippen molar-refractivity contribution in [3.05, 3.63) is 51.5 Å². The number of phenolic OH excluding ortho intramolecular Hbond substituents is 1. The molecule has 2 aliphatic heterocycles. The molecule has 1 aromatic heterocycles. The number of hydrogen-bond acceptors (Lipinski definition) is 8. The summed E-state index contributed by atoms with van der Waals surface area (Å²) in [6.07, 6.45) is -4.46. The monoisotopic (exact) mass is 611 g/mol. The Labute approximate surface area is 245 Å². The van der Waals surface area contributed by atoms with Gasteiger partial charge in [-0.25, -0.2) is 4.98 Å². The minimum atomic E-state index is -4.52. The van der Waals surface area contributed by atoms with Crippen LogP contribution in [-0.4, -0.2) is 89.2 Å². The van der Waals surface area contributed by atoms with Crippen LogP contribution in [0.15, 0.2) is 24.3 Å². The molecule has 2 fully saturated rings. The lowest BCUT2D eigenvalue weighted by atomic mass is 10.1.